The van der Waals surface area contributed by atoms with Crippen molar-refractivity contribution >= 4 is 43.0 Å². The second-order valence-corrected chi connectivity index (χ2v) is 6.81. The number of benzene rings is 3. The molecule has 0 spiro atoms. The Morgan fingerprint density at radius 3 is 2.50 bits per heavy atom. The molecule has 0 atom stereocenters. The van der Waals surface area contributed by atoms with E-state index in [1.165, 1.54) is 36.4 Å². The molecule has 120 valence electrons. The number of hydrogen-bond acceptors (Lipinski definition) is 5. The first kappa shape index (κ1) is 14.6. The number of aromatic nitrogens is 2. The summed E-state index contributed by atoms with van der Waals surface area (Å²) in [4.78, 5) is 18.7. The van der Waals surface area contributed by atoms with Crippen LogP contribution in [0.25, 0.3) is 32.8 Å². The molecule has 1 aromatic heterocycles. The van der Waals surface area contributed by atoms with E-state index in [2.05, 4.69) is 9.97 Å². The molecule has 0 saturated carbocycles. The maximum absolute atomic E-state index is 11.5. The van der Waals surface area contributed by atoms with Crippen LogP contribution in [0, 0.1) is 0 Å². The van der Waals surface area contributed by atoms with E-state index in [1.54, 1.807) is 6.07 Å². The fourth-order valence-corrected chi connectivity index (χ4v) is 3.23. The molecule has 8 heteroatoms. The topological polar surface area (TPSA) is 120 Å². The predicted octanol–water partition coefficient (Wildman–Crippen LogP) is 2.18. The maximum atomic E-state index is 11.5. The van der Waals surface area contributed by atoms with Gasteiger partial charge in [0.15, 0.2) is 5.43 Å². The van der Waals surface area contributed by atoms with Gasteiger partial charge in [-0.05, 0) is 36.4 Å². The van der Waals surface area contributed by atoms with Crippen LogP contribution in [-0.4, -0.2) is 28.0 Å². The van der Waals surface area contributed by atoms with Crippen LogP contribution in [0.3, 0.4) is 0 Å². The zero-order valence-electron chi connectivity index (χ0n) is 12.0. The molecule has 24 heavy (non-hydrogen) atoms. The maximum Gasteiger partial charge on any atom is 0.294 e. The highest BCUT2D eigenvalue weighted by Crippen LogP contribution is 2.31. The van der Waals surface area contributed by atoms with Crippen molar-refractivity contribution in [3.63, 3.8) is 0 Å². The van der Waals surface area contributed by atoms with E-state index in [0.29, 0.717) is 32.8 Å². The van der Waals surface area contributed by atoms with Crippen LogP contribution in [0.5, 0.6) is 5.75 Å². The predicted molar refractivity (Wildman–Crippen MR) is 88.9 cm³/mol. The molecule has 0 aliphatic heterocycles. The zero-order valence-corrected chi connectivity index (χ0v) is 12.8. The van der Waals surface area contributed by atoms with E-state index in [0.717, 1.165) is 0 Å². The molecule has 4 rings (SSSR count). The molecule has 0 radical (unpaired) electrons. The molecule has 1 heterocycles. The van der Waals surface area contributed by atoms with Gasteiger partial charge in [-0.25, -0.2) is 4.98 Å². The lowest BCUT2D eigenvalue weighted by molar-refractivity contribution is 0.481. The van der Waals surface area contributed by atoms with Crippen molar-refractivity contribution in [1.29, 1.82) is 0 Å². The number of aromatic hydroxyl groups is 1. The molecule has 7 nitrogen and oxygen atoms in total. The summed E-state index contributed by atoms with van der Waals surface area (Å²) in [6.07, 6.45) is 0. The van der Waals surface area contributed by atoms with Crippen LogP contribution in [0.4, 0.5) is 0 Å². The summed E-state index contributed by atoms with van der Waals surface area (Å²) in [6.45, 7) is 0. The number of H-pyrrole nitrogens is 1. The van der Waals surface area contributed by atoms with E-state index in [-0.39, 0.29) is 16.1 Å². The Labute approximate surface area is 135 Å². The number of rotatable bonds is 1. The number of nitrogens with one attached hydrogen (secondary N) is 1. The highest BCUT2D eigenvalue weighted by atomic mass is 32.2. The van der Waals surface area contributed by atoms with Crippen molar-refractivity contribution < 1.29 is 18.1 Å². The Hall–Kier alpha value is -2.97. The number of nitrogens with zero attached hydrogens (tertiary/aromatic N) is 1. The Kier molecular flexibility index (Phi) is 2.90. The Morgan fingerprint density at radius 2 is 1.75 bits per heavy atom. The smallest absolute Gasteiger partial charge is 0.294 e. The lowest BCUT2D eigenvalue weighted by Gasteiger charge is -2.08. The lowest BCUT2D eigenvalue weighted by Crippen LogP contribution is -1.99. The van der Waals surface area contributed by atoms with E-state index in [1.807, 2.05) is 0 Å². The molecule has 0 unspecified atom stereocenters. The summed E-state index contributed by atoms with van der Waals surface area (Å²) < 4.78 is 31.6. The summed E-state index contributed by atoms with van der Waals surface area (Å²) >= 11 is 0. The van der Waals surface area contributed by atoms with E-state index in [9.17, 15) is 18.3 Å². The van der Waals surface area contributed by atoms with Crippen LogP contribution in [0.1, 0.15) is 0 Å². The van der Waals surface area contributed by atoms with E-state index >= 15 is 0 Å². The first-order chi connectivity index (χ1) is 11.3. The molecule has 0 aliphatic rings. The summed E-state index contributed by atoms with van der Waals surface area (Å²) in [5.41, 5.74) is 1.65. The number of fused-ring (bicyclic) bond motifs is 4. The first-order valence-electron chi connectivity index (χ1n) is 6.90. The molecule has 0 amide bonds. The summed E-state index contributed by atoms with van der Waals surface area (Å²) in [5.74, 6) is -0.0959. The molecule has 4 aromatic rings. The fourth-order valence-electron chi connectivity index (χ4n) is 2.72. The Balaban J connectivity index is 2.15. The van der Waals surface area contributed by atoms with Gasteiger partial charge < -0.3 is 10.1 Å². The van der Waals surface area contributed by atoms with Crippen LogP contribution in [0.2, 0.25) is 0 Å². The molecule has 0 fully saturated rings. The van der Waals surface area contributed by atoms with Crippen LogP contribution < -0.4 is 5.43 Å². The first-order valence-corrected chi connectivity index (χ1v) is 8.34. The average Bonchev–Trinajstić information content (AvgIpc) is 2.52. The Morgan fingerprint density at radius 1 is 0.958 bits per heavy atom. The second kappa shape index (κ2) is 4.76. The SMILES string of the molecule is O=c1ccc2c(c1)c(O)cc1nc3cc(S(=O)(=O)O)ccc3[nH]c12. The average molecular weight is 342 g/mol. The van der Waals surface area contributed by atoms with Crippen molar-refractivity contribution in [3.05, 3.63) is 52.7 Å². The van der Waals surface area contributed by atoms with Gasteiger partial charge >= 0.3 is 0 Å². The highest BCUT2D eigenvalue weighted by Gasteiger charge is 2.13. The van der Waals surface area contributed by atoms with Gasteiger partial charge in [0.2, 0.25) is 0 Å². The third kappa shape index (κ3) is 2.20. The van der Waals surface area contributed by atoms with Crippen molar-refractivity contribution in [2.45, 2.75) is 4.90 Å². The number of phenolic OH excluding ortho intramolecular Hbond substituents is 1. The third-order valence-electron chi connectivity index (χ3n) is 3.83. The minimum atomic E-state index is -4.33. The molecule has 3 aromatic carbocycles. The zero-order chi connectivity index (χ0) is 17.1. The largest absolute Gasteiger partial charge is 0.507 e. The van der Waals surface area contributed by atoms with Gasteiger partial charge in [0.05, 0.1) is 27.0 Å². The molecular formula is C16H10N2O5S. The van der Waals surface area contributed by atoms with Crippen molar-refractivity contribution in [1.82, 2.24) is 9.97 Å². The molecular weight excluding hydrogens is 332 g/mol. The minimum Gasteiger partial charge on any atom is -0.507 e. The molecule has 0 saturated heterocycles. The fraction of sp³-hybridized carbons (Fsp3) is 0. The molecule has 3 N–H and O–H groups in total. The Bertz CT molecular complexity index is 1310. The number of hydrogen-bond donors (Lipinski definition) is 3. The normalized spacial score (nSPS) is 12.2. The van der Waals surface area contributed by atoms with Crippen molar-refractivity contribution in [3.8, 4) is 5.75 Å². The second-order valence-electron chi connectivity index (χ2n) is 5.39. The monoisotopic (exact) mass is 342 g/mol. The van der Waals surface area contributed by atoms with Gasteiger partial charge in [-0.15, -0.1) is 0 Å². The van der Waals surface area contributed by atoms with Crippen molar-refractivity contribution in [2.75, 3.05) is 0 Å². The standard InChI is InChI=1S/C16H10N2O5S/c19-8-1-3-10-11(5-8)15(20)7-14-16(10)18-12-4-2-9(24(21,22)23)6-13(12)17-14/h1-7,18,20H,(H,21,22,23). The van der Waals surface area contributed by atoms with Gasteiger partial charge in [-0.1, -0.05) is 0 Å². The van der Waals surface area contributed by atoms with Crippen LogP contribution >= 0.6 is 0 Å². The molecule has 0 bridgehead atoms. The van der Waals surface area contributed by atoms with Crippen molar-refractivity contribution in [2.24, 2.45) is 0 Å². The van der Waals surface area contributed by atoms with Crippen LogP contribution in [-0.2, 0) is 10.1 Å². The van der Waals surface area contributed by atoms with E-state index in [4.69, 9.17) is 4.55 Å². The van der Waals surface area contributed by atoms with E-state index < -0.39 is 10.1 Å². The van der Waals surface area contributed by atoms with Gasteiger partial charge in [-0.2, -0.15) is 8.42 Å². The third-order valence-corrected chi connectivity index (χ3v) is 4.68. The lowest BCUT2D eigenvalue weighted by atomic mass is 10.1. The summed E-state index contributed by atoms with van der Waals surface area (Å²) in [7, 11) is -4.33. The summed E-state index contributed by atoms with van der Waals surface area (Å²) in [5, 5.41) is 11.1. The number of phenols is 1. The van der Waals surface area contributed by atoms with Gasteiger partial charge in [0.1, 0.15) is 5.75 Å². The van der Waals surface area contributed by atoms with Gasteiger partial charge in [0.25, 0.3) is 10.1 Å². The van der Waals surface area contributed by atoms with Gasteiger partial charge in [-0.3, -0.25) is 9.35 Å². The minimum absolute atomic E-state index is 0.0959. The number of aromatic amines is 1. The van der Waals surface area contributed by atoms with Gasteiger partial charge in [0, 0.05) is 16.8 Å². The van der Waals surface area contributed by atoms with Crippen LogP contribution in [0.15, 0.2) is 52.2 Å². The summed E-state index contributed by atoms with van der Waals surface area (Å²) in [6, 6.07) is 9.71. The highest BCUT2D eigenvalue weighted by molar-refractivity contribution is 7.85. The quantitative estimate of drug-likeness (QED) is 0.277. The molecule has 0 aliphatic carbocycles.